The van der Waals surface area contributed by atoms with Crippen LogP contribution in [0.4, 0.5) is 5.82 Å². The molecule has 4 rings (SSSR count). The van der Waals surface area contributed by atoms with Crippen molar-refractivity contribution in [3.63, 3.8) is 0 Å². The van der Waals surface area contributed by atoms with Crippen LogP contribution < -0.4 is 10.5 Å². The van der Waals surface area contributed by atoms with Crippen molar-refractivity contribution < 1.29 is 24.8 Å². The summed E-state index contributed by atoms with van der Waals surface area (Å²) in [5.74, 6) is 2.44. The lowest BCUT2D eigenvalue weighted by Crippen LogP contribution is -2.30. The maximum atomic E-state index is 11.0. The summed E-state index contributed by atoms with van der Waals surface area (Å²) in [6.45, 7) is 3.01. The number of nitrogen functional groups attached to an aromatic ring is 1. The summed E-state index contributed by atoms with van der Waals surface area (Å²) in [4.78, 5) is 7.41. The van der Waals surface area contributed by atoms with Crippen LogP contribution in [-0.2, 0) is 17.6 Å². The Kier molecular flexibility index (Phi) is 13.2. The zero-order chi connectivity index (χ0) is 30.4. The number of phenols is 1. The fourth-order valence-corrected chi connectivity index (χ4v) is 6.51. The second-order valence-corrected chi connectivity index (χ2v) is 12.2. The smallest absolute Gasteiger partial charge is 0.161 e. The summed E-state index contributed by atoms with van der Waals surface area (Å²) < 4.78 is 12.2. The summed E-state index contributed by atoms with van der Waals surface area (Å²) in [6, 6.07) is 13.4. The second kappa shape index (κ2) is 17.3. The average molecular weight is 594 g/mol. The number of phenolic OH excluding ortho intramolecular Hbond substituents is 1. The molecule has 0 unspecified atom stereocenters. The van der Waals surface area contributed by atoms with E-state index in [0.717, 1.165) is 48.4 Å². The minimum Gasteiger partial charge on any atom is -0.504 e. The molecule has 8 heteroatoms. The number of aryl methyl sites for hydroxylation is 1. The average Bonchev–Trinajstić information content (AvgIpc) is 3.41. The van der Waals surface area contributed by atoms with Crippen molar-refractivity contribution in [2.24, 2.45) is 11.8 Å². The third-order valence-electron chi connectivity index (χ3n) is 9.08. The van der Waals surface area contributed by atoms with Crippen molar-refractivity contribution in [3.05, 3.63) is 71.7 Å². The van der Waals surface area contributed by atoms with Crippen LogP contribution >= 0.6 is 0 Å². The Morgan fingerprint density at radius 1 is 1.07 bits per heavy atom. The standard InChI is InChI=1S/C35H51N3O5/c1-2-25-5-3-6-27(11-8-25)33(43-20-18-39)24-31(40)12-9-26-10-13-32(41)34(21-26)42-19-15-29(22-30-7-4-16-37-30)28-14-17-38-35(36)23-28/h4,7,10,13-14,16-17,21,23,25,27,29,31,33,37,39-41H,2-3,5-6,8-9,11-12,15,18-20,22,24H2,1H3,(H2,36,38)/t25-,27+,29+,31+,33+/m0/s1. The van der Waals surface area contributed by atoms with Crippen molar-refractivity contribution in [3.8, 4) is 11.5 Å². The molecule has 236 valence electrons. The molecule has 0 aliphatic heterocycles. The van der Waals surface area contributed by atoms with Gasteiger partial charge in [-0.1, -0.05) is 38.7 Å². The maximum Gasteiger partial charge on any atom is 0.161 e. The zero-order valence-electron chi connectivity index (χ0n) is 25.7. The van der Waals surface area contributed by atoms with Crippen LogP contribution in [0.2, 0.25) is 0 Å². The lowest BCUT2D eigenvalue weighted by atomic mass is 9.88. The number of aromatic nitrogens is 2. The summed E-state index contributed by atoms with van der Waals surface area (Å²) in [5.41, 5.74) is 9.20. The van der Waals surface area contributed by atoms with Gasteiger partial charge in [-0.05, 0) is 110 Å². The number of hydrogen-bond acceptors (Lipinski definition) is 7. The van der Waals surface area contributed by atoms with Crippen molar-refractivity contribution in [1.29, 1.82) is 0 Å². The van der Waals surface area contributed by atoms with Gasteiger partial charge in [-0.25, -0.2) is 4.98 Å². The van der Waals surface area contributed by atoms with Crippen molar-refractivity contribution in [1.82, 2.24) is 9.97 Å². The van der Waals surface area contributed by atoms with Crippen molar-refractivity contribution in [2.75, 3.05) is 25.6 Å². The van der Waals surface area contributed by atoms with Crippen molar-refractivity contribution in [2.45, 2.75) is 95.7 Å². The number of nitrogens with two attached hydrogens (primary N) is 1. The number of aliphatic hydroxyl groups is 2. The summed E-state index contributed by atoms with van der Waals surface area (Å²) >= 11 is 0. The molecule has 5 atom stereocenters. The first kappa shape index (κ1) is 32.8. The molecule has 0 saturated heterocycles. The number of hydrogen-bond donors (Lipinski definition) is 5. The molecule has 3 aromatic rings. The van der Waals surface area contributed by atoms with Crippen molar-refractivity contribution >= 4 is 5.82 Å². The van der Waals surface area contributed by atoms with Gasteiger partial charge in [-0.15, -0.1) is 0 Å². The van der Waals surface area contributed by atoms with Gasteiger partial charge >= 0.3 is 0 Å². The number of aromatic amines is 1. The minimum absolute atomic E-state index is 0.00347. The van der Waals surface area contributed by atoms with Gasteiger partial charge in [0.05, 0.1) is 32.0 Å². The molecular weight excluding hydrogens is 542 g/mol. The highest BCUT2D eigenvalue weighted by Crippen LogP contribution is 2.34. The van der Waals surface area contributed by atoms with Crippen LogP contribution in [0.15, 0.2) is 54.9 Å². The summed E-state index contributed by atoms with van der Waals surface area (Å²) in [7, 11) is 0. The highest BCUT2D eigenvalue weighted by Gasteiger charge is 2.28. The molecule has 2 heterocycles. The molecule has 1 saturated carbocycles. The number of nitrogens with zero attached hydrogens (tertiary/aromatic N) is 1. The van der Waals surface area contributed by atoms with Gasteiger partial charge in [-0.2, -0.15) is 0 Å². The van der Waals surface area contributed by atoms with Crippen LogP contribution in [0.1, 0.15) is 87.4 Å². The normalized spacial score (nSPS) is 19.4. The lowest BCUT2D eigenvalue weighted by molar-refractivity contribution is -0.0372. The molecule has 1 aliphatic carbocycles. The number of pyridine rings is 1. The molecule has 8 nitrogen and oxygen atoms in total. The number of rotatable bonds is 17. The number of aliphatic hydroxyl groups excluding tert-OH is 2. The number of aromatic hydroxyl groups is 1. The van der Waals surface area contributed by atoms with Gasteiger partial charge in [0.25, 0.3) is 0 Å². The maximum absolute atomic E-state index is 11.0. The number of nitrogens with one attached hydrogen (secondary N) is 1. The molecule has 0 bridgehead atoms. The Morgan fingerprint density at radius 2 is 1.95 bits per heavy atom. The SMILES string of the molecule is CC[C@H]1CCC[C@@H]([C@@H](C[C@H](O)CCc2ccc(O)c(OCC[C@H](Cc3ccc[nH]3)c3ccnc(N)c3)c2)OCCO)CC1. The Bertz CT molecular complexity index is 1200. The molecule has 6 N–H and O–H groups in total. The van der Waals surface area contributed by atoms with Gasteiger partial charge < -0.3 is 35.5 Å². The van der Waals surface area contributed by atoms with Crippen LogP contribution in [0.25, 0.3) is 0 Å². The summed E-state index contributed by atoms with van der Waals surface area (Å²) in [5, 5.41) is 30.9. The van der Waals surface area contributed by atoms with E-state index in [2.05, 4.69) is 23.0 Å². The molecule has 0 radical (unpaired) electrons. The van der Waals surface area contributed by atoms with E-state index >= 15 is 0 Å². The molecule has 0 spiro atoms. The molecular formula is C35H51N3O5. The lowest BCUT2D eigenvalue weighted by Gasteiger charge is -2.28. The first-order valence-electron chi connectivity index (χ1n) is 16.1. The predicted octanol–water partition coefficient (Wildman–Crippen LogP) is 6.16. The highest BCUT2D eigenvalue weighted by atomic mass is 16.5. The van der Waals surface area contributed by atoms with E-state index in [1.807, 2.05) is 36.5 Å². The fraction of sp³-hybridized carbons (Fsp3) is 0.571. The van der Waals surface area contributed by atoms with E-state index in [1.165, 1.54) is 25.7 Å². The fourth-order valence-electron chi connectivity index (χ4n) is 6.51. The molecule has 1 fully saturated rings. The Hall–Kier alpha value is -3.07. The first-order valence-corrected chi connectivity index (χ1v) is 16.1. The Balaban J connectivity index is 1.31. The first-order chi connectivity index (χ1) is 20.9. The molecule has 1 aromatic carbocycles. The van der Waals surface area contributed by atoms with E-state index in [0.29, 0.717) is 50.0 Å². The van der Waals surface area contributed by atoms with Crippen LogP contribution in [0.3, 0.4) is 0 Å². The largest absolute Gasteiger partial charge is 0.504 e. The number of benzene rings is 1. The number of anilines is 1. The molecule has 1 aliphatic rings. The topological polar surface area (TPSA) is 134 Å². The molecule has 0 amide bonds. The van der Waals surface area contributed by atoms with Gasteiger partial charge in [0.15, 0.2) is 11.5 Å². The molecule has 43 heavy (non-hydrogen) atoms. The second-order valence-electron chi connectivity index (χ2n) is 12.2. The zero-order valence-corrected chi connectivity index (χ0v) is 25.7. The Morgan fingerprint density at radius 3 is 2.72 bits per heavy atom. The number of H-pyrrole nitrogens is 1. The number of ether oxygens (including phenoxy) is 2. The minimum atomic E-state index is -0.506. The summed E-state index contributed by atoms with van der Waals surface area (Å²) in [6.07, 6.45) is 13.7. The third kappa shape index (κ3) is 10.6. The monoisotopic (exact) mass is 593 g/mol. The van der Waals surface area contributed by atoms with Crippen LogP contribution in [0.5, 0.6) is 11.5 Å². The Labute approximate surface area is 256 Å². The van der Waals surface area contributed by atoms with E-state index in [-0.39, 0.29) is 24.4 Å². The quantitative estimate of drug-likeness (QED) is 0.118. The molecule has 2 aromatic heterocycles. The van der Waals surface area contributed by atoms with Gasteiger partial charge in [0.2, 0.25) is 0 Å². The van der Waals surface area contributed by atoms with Gasteiger partial charge in [0.1, 0.15) is 5.82 Å². The highest BCUT2D eigenvalue weighted by molar-refractivity contribution is 5.42. The van der Waals surface area contributed by atoms with Crippen LogP contribution in [0, 0.1) is 11.8 Å². The van der Waals surface area contributed by atoms with E-state index in [4.69, 9.17) is 15.2 Å². The van der Waals surface area contributed by atoms with E-state index in [1.54, 1.807) is 12.3 Å². The van der Waals surface area contributed by atoms with Crippen LogP contribution in [-0.4, -0.2) is 57.3 Å². The van der Waals surface area contributed by atoms with E-state index in [9.17, 15) is 15.3 Å². The van der Waals surface area contributed by atoms with E-state index < -0.39 is 6.10 Å². The third-order valence-corrected chi connectivity index (χ3v) is 9.08. The van der Waals surface area contributed by atoms with Gasteiger partial charge in [-0.3, -0.25) is 0 Å². The predicted molar refractivity (Wildman–Crippen MR) is 170 cm³/mol. The van der Waals surface area contributed by atoms with Gasteiger partial charge in [0, 0.05) is 18.1 Å².